The maximum atomic E-state index is 12.0. The van der Waals surface area contributed by atoms with Gasteiger partial charge in [0.15, 0.2) is 0 Å². The van der Waals surface area contributed by atoms with Gasteiger partial charge in [-0.05, 0) is 30.7 Å². The molecular weight excluding hydrogens is 288 g/mol. The molecule has 0 saturated heterocycles. The summed E-state index contributed by atoms with van der Waals surface area (Å²) in [7, 11) is 1.30. The fourth-order valence-electron chi connectivity index (χ4n) is 1.73. The SMILES string of the molecule is CCN(CCC(=O)OC)C(=O)/C=C/c1ccc([N+](=O)[O-])cc1. The summed E-state index contributed by atoms with van der Waals surface area (Å²) in [6.07, 6.45) is 3.09. The Morgan fingerprint density at radius 3 is 2.45 bits per heavy atom. The normalized spacial score (nSPS) is 10.5. The zero-order chi connectivity index (χ0) is 16.5. The number of esters is 1. The third-order valence-electron chi connectivity index (χ3n) is 3.03. The molecule has 0 aliphatic heterocycles. The van der Waals surface area contributed by atoms with Crippen LogP contribution in [0.2, 0.25) is 0 Å². The zero-order valence-corrected chi connectivity index (χ0v) is 12.5. The fraction of sp³-hybridized carbons (Fsp3) is 0.333. The predicted octanol–water partition coefficient (Wildman–Crippen LogP) is 2.02. The molecule has 0 spiro atoms. The van der Waals surface area contributed by atoms with Crippen molar-refractivity contribution in [1.29, 1.82) is 0 Å². The Labute approximate surface area is 128 Å². The summed E-state index contributed by atoms with van der Waals surface area (Å²) in [5.41, 5.74) is 0.680. The van der Waals surface area contributed by atoms with Gasteiger partial charge >= 0.3 is 5.97 Å². The molecular formula is C15H18N2O5. The van der Waals surface area contributed by atoms with Gasteiger partial charge in [-0.1, -0.05) is 0 Å². The van der Waals surface area contributed by atoms with Crippen molar-refractivity contribution in [3.05, 3.63) is 46.0 Å². The highest BCUT2D eigenvalue weighted by molar-refractivity contribution is 5.92. The number of carbonyl (C=O) groups excluding carboxylic acids is 2. The topological polar surface area (TPSA) is 89.8 Å². The van der Waals surface area contributed by atoms with E-state index in [9.17, 15) is 19.7 Å². The summed E-state index contributed by atoms with van der Waals surface area (Å²) in [6.45, 7) is 2.57. The standard InChI is InChI=1S/C15H18N2O5/c1-3-16(11-10-15(19)22-2)14(18)9-6-12-4-7-13(8-5-12)17(20)21/h4-9H,3,10-11H2,1-2H3/b9-6+. The first-order valence-corrected chi connectivity index (χ1v) is 6.76. The lowest BCUT2D eigenvalue weighted by Gasteiger charge is -2.18. The van der Waals surface area contributed by atoms with E-state index in [2.05, 4.69) is 4.74 Å². The number of nitro groups is 1. The molecule has 1 aromatic carbocycles. The maximum absolute atomic E-state index is 12.0. The Morgan fingerprint density at radius 1 is 1.32 bits per heavy atom. The number of non-ortho nitro benzene ring substituents is 1. The summed E-state index contributed by atoms with van der Waals surface area (Å²) in [6, 6.07) is 5.87. The summed E-state index contributed by atoms with van der Waals surface area (Å²) in [4.78, 5) is 34.7. The van der Waals surface area contributed by atoms with Crippen LogP contribution >= 0.6 is 0 Å². The summed E-state index contributed by atoms with van der Waals surface area (Å²) in [5.74, 6) is -0.602. The van der Waals surface area contributed by atoms with Crippen molar-refractivity contribution in [2.75, 3.05) is 20.2 Å². The average Bonchev–Trinajstić information content (AvgIpc) is 2.53. The molecule has 22 heavy (non-hydrogen) atoms. The van der Waals surface area contributed by atoms with E-state index in [0.717, 1.165) is 0 Å². The number of hydrogen-bond acceptors (Lipinski definition) is 5. The Kier molecular flexibility index (Phi) is 6.75. The van der Waals surface area contributed by atoms with E-state index in [1.807, 2.05) is 6.92 Å². The van der Waals surface area contributed by atoms with Crippen LogP contribution in [0.5, 0.6) is 0 Å². The van der Waals surface area contributed by atoms with Gasteiger partial charge in [0.1, 0.15) is 0 Å². The predicted molar refractivity (Wildman–Crippen MR) is 81.0 cm³/mol. The van der Waals surface area contributed by atoms with E-state index in [1.165, 1.54) is 30.2 Å². The molecule has 0 saturated carbocycles. The highest BCUT2D eigenvalue weighted by atomic mass is 16.6. The van der Waals surface area contributed by atoms with Crippen molar-refractivity contribution in [3.8, 4) is 0 Å². The number of ether oxygens (including phenoxy) is 1. The molecule has 0 bridgehead atoms. The van der Waals surface area contributed by atoms with Crippen molar-refractivity contribution >= 4 is 23.6 Å². The molecule has 0 atom stereocenters. The minimum atomic E-state index is -0.482. The first-order chi connectivity index (χ1) is 10.5. The third kappa shape index (κ3) is 5.35. The first-order valence-electron chi connectivity index (χ1n) is 6.76. The summed E-state index contributed by atoms with van der Waals surface area (Å²) < 4.78 is 4.53. The molecule has 7 heteroatoms. The molecule has 0 aromatic heterocycles. The van der Waals surface area contributed by atoms with E-state index >= 15 is 0 Å². The number of nitrogens with zero attached hydrogens (tertiary/aromatic N) is 2. The number of rotatable bonds is 7. The van der Waals surface area contributed by atoms with Gasteiger partial charge in [0.05, 0.1) is 18.5 Å². The molecule has 0 aliphatic rings. The smallest absolute Gasteiger partial charge is 0.307 e. The van der Waals surface area contributed by atoms with Gasteiger partial charge in [0.25, 0.3) is 5.69 Å². The Balaban J connectivity index is 2.64. The van der Waals surface area contributed by atoms with E-state index in [4.69, 9.17) is 0 Å². The van der Waals surface area contributed by atoms with Gasteiger partial charge in [0.2, 0.25) is 5.91 Å². The molecule has 7 nitrogen and oxygen atoms in total. The monoisotopic (exact) mass is 306 g/mol. The second kappa shape index (κ2) is 8.56. The third-order valence-corrected chi connectivity index (χ3v) is 3.03. The van der Waals surface area contributed by atoms with E-state index in [0.29, 0.717) is 12.1 Å². The van der Waals surface area contributed by atoms with Crippen LogP contribution in [0.25, 0.3) is 6.08 Å². The van der Waals surface area contributed by atoms with Crippen LogP contribution in [0.3, 0.4) is 0 Å². The lowest BCUT2D eigenvalue weighted by molar-refractivity contribution is -0.384. The quantitative estimate of drug-likeness (QED) is 0.333. The number of nitro benzene ring substituents is 1. The zero-order valence-electron chi connectivity index (χ0n) is 12.5. The molecule has 1 rings (SSSR count). The molecule has 0 unspecified atom stereocenters. The maximum Gasteiger partial charge on any atom is 0.307 e. The number of amides is 1. The number of benzene rings is 1. The molecule has 118 valence electrons. The second-order valence-corrected chi connectivity index (χ2v) is 4.43. The molecule has 0 heterocycles. The van der Waals surface area contributed by atoms with Crippen molar-refractivity contribution < 1.29 is 19.2 Å². The number of methoxy groups -OCH3 is 1. The first kappa shape index (κ1) is 17.4. The van der Waals surface area contributed by atoms with Crippen LogP contribution in [0.15, 0.2) is 30.3 Å². The summed E-state index contributed by atoms with van der Waals surface area (Å²) in [5, 5.41) is 10.5. The Morgan fingerprint density at radius 2 is 1.95 bits per heavy atom. The Bertz CT molecular complexity index is 566. The van der Waals surface area contributed by atoms with Gasteiger partial charge < -0.3 is 9.64 Å². The number of likely N-dealkylation sites (N-methyl/N-ethyl adjacent to an activating group) is 1. The van der Waals surface area contributed by atoms with Crippen molar-refractivity contribution in [2.45, 2.75) is 13.3 Å². The molecule has 0 fully saturated rings. The van der Waals surface area contributed by atoms with Gasteiger partial charge in [-0.15, -0.1) is 0 Å². The van der Waals surface area contributed by atoms with E-state index < -0.39 is 4.92 Å². The van der Waals surface area contributed by atoms with Crippen LogP contribution in [0.1, 0.15) is 18.9 Å². The highest BCUT2D eigenvalue weighted by Crippen LogP contribution is 2.13. The van der Waals surface area contributed by atoms with E-state index in [-0.39, 0.29) is 30.5 Å². The largest absolute Gasteiger partial charge is 0.469 e. The second-order valence-electron chi connectivity index (χ2n) is 4.43. The lowest BCUT2D eigenvalue weighted by Crippen LogP contribution is -2.31. The Hall–Kier alpha value is -2.70. The van der Waals surface area contributed by atoms with Crippen LogP contribution in [-0.4, -0.2) is 41.9 Å². The van der Waals surface area contributed by atoms with Gasteiger partial charge in [-0.3, -0.25) is 19.7 Å². The minimum absolute atomic E-state index is 0.00302. The molecule has 1 amide bonds. The van der Waals surface area contributed by atoms with E-state index in [1.54, 1.807) is 18.2 Å². The average molecular weight is 306 g/mol. The van der Waals surface area contributed by atoms with Gasteiger partial charge in [-0.2, -0.15) is 0 Å². The highest BCUT2D eigenvalue weighted by Gasteiger charge is 2.11. The number of carbonyl (C=O) groups is 2. The molecule has 0 radical (unpaired) electrons. The van der Waals surface area contributed by atoms with Crippen molar-refractivity contribution in [3.63, 3.8) is 0 Å². The van der Waals surface area contributed by atoms with Crippen molar-refractivity contribution in [1.82, 2.24) is 4.90 Å². The lowest BCUT2D eigenvalue weighted by atomic mass is 10.2. The molecule has 1 aromatic rings. The fourth-order valence-corrected chi connectivity index (χ4v) is 1.73. The van der Waals surface area contributed by atoms with Gasteiger partial charge in [0, 0.05) is 31.3 Å². The van der Waals surface area contributed by atoms with Crippen LogP contribution in [0.4, 0.5) is 5.69 Å². The molecule has 0 aliphatic carbocycles. The van der Waals surface area contributed by atoms with Gasteiger partial charge in [-0.25, -0.2) is 0 Å². The number of hydrogen-bond donors (Lipinski definition) is 0. The van der Waals surface area contributed by atoms with Crippen LogP contribution in [-0.2, 0) is 14.3 Å². The summed E-state index contributed by atoms with van der Waals surface area (Å²) >= 11 is 0. The molecule has 0 N–H and O–H groups in total. The van der Waals surface area contributed by atoms with Crippen LogP contribution in [0, 0.1) is 10.1 Å². The minimum Gasteiger partial charge on any atom is -0.469 e. The van der Waals surface area contributed by atoms with Crippen LogP contribution < -0.4 is 0 Å². The van der Waals surface area contributed by atoms with Crippen molar-refractivity contribution in [2.24, 2.45) is 0 Å².